The van der Waals surface area contributed by atoms with Crippen LogP contribution in [0.15, 0.2) is 24.5 Å². The number of halogens is 4. The van der Waals surface area contributed by atoms with Crippen LogP contribution in [0.4, 0.5) is 34.3 Å². The highest BCUT2D eigenvalue weighted by Crippen LogP contribution is 2.39. The number of anilines is 3. The Balaban J connectivity index is 1.41. The number of hydrogen-bond donors (Lipinski definition) is 2. The summed E-state index contributed by atoms with van der Waals surface area (Å²) in [5.74, 6) is -1.71. The predicted octanol–water partition coefficient (Wildman–Crippen LogP) is 5.86. The third-order valence-electron chi connectivity index (χ3n) is 7.59. The molecule has 5 rings (SSSR count). The van der Waals surface area contributed by atoms with Crippen molar-refractivity contribution in [1.29, 1.82) is 0 Å². The number of carbonyl (C=O) groups is 1. The summed E-state index contributed by atoms with van der Waals surface area (Å²) >= 11 is 1.27. The molecule has 14 heteroatoms. The first-order valence-corrected chi connectivity index (χ1v) is 14.6. The number of rotatable bonds is 9. The smallest absolute Gasteiger partial charge is 0.416 e. The van der Waals surface area contributed by atoms with Gasteiger partial charge in [0.15, 0.2) is 16.8 Å². The first-order valence-electron chi connectivity index (χ1n) is 13.8. The SMILES string of the molecule is Cc1cc(-c2nc(Nc3ncnc(N4CCC(OCC(=O)O)CC4)c3F)sc2CN2CCCC2C)cc(C(F)(F)F)c1. The summed E-state index contributed by atoms with van der Waals surface area (Å²) in [6.07, 6.45) is -0.372. The van der Waals surface area contributed by atoms with Crippen molar-refractivity contribution in [3.05, 3.63) is 46.3 Å². The summed E-state index contributed by atoms with van der Waals surface area (Å²) in [6.45, 7) is 5.60. The van der Waals surface area contributed by atoms with Gasteiger partial charge in [-0.05, 0) is 69.8 Å². The van der Waals surface area contributed by atoms with E-state index in [1.807, 2.05) is 0 Å². The lowest BCUT2D eigenvalue weighted by molar-refractivity contribution is -0.144. The van der Waals surface area contributed by atoms with E-state index < -0.39 is 23.5 Å². The van der Waals surface area contributed by atoms with Gasteiger partial charge in [-0.1, -0.05) is 11.3 Å². The average Bonchev–Trinajstić information content (AvgIpc) is 3.53. The molecule has 1 unspecified atom stereocenters. The van der Waals surface area contributed by atoms with Gasteiger partial charge in [0.1, 0.15) is 12.9 Å². The van der Waals surface area contributed by atoms with E-state index in [0.29, 0.717) is 60.5 Å². The van der Waals surface area contributed by atoms with Crippen molar-refractivity contribution in [3.8, 4) is 11.3 Å². The Hall–Kier alpha value is -3.36. The first-order chi connectivity index (χ1) is 20.0. The number of carboxylic acid groups (broad SMARTS) is 1. The van der Waals surface area contributed by atoms with Crippen LogP contribution in [0.5, 0.6) is 0 Å². The number of nitrogens with one attached hydrogen (secondary N) is 1. The Morgan fingerprint density at radius 3 is 2.60 bits per heavy atom. The zero-order valence-corrected chi connectivity index (χ0v) is 24.1. The maximum Gasteiger partial charge on any atom is 0.416 e. The second-order valence-corrected chi connectivity index (χ2v) is 11.8. The summed E-state index contributed by atoms with van der Waals surface area (Å²) in [5.41, 5.74) is 0.495. The Bertz CT molecular complexity index is 1430. The van der Waals surface area contributed by atoms with Gasteiger partial charge in [-0.25, -0.2) is 19.7 Å². The van der Waals surface area contributed by atoms with Crippen LogP contribution in [-0.2, 0) is 22.3 Å². The van der Waals surface area contributed by atoms with Gasteiger partial charge < -0.3 is 20.1 Å². The average molecular weight is 609 g/mol. The number of nitrogens with zero attached hydrogens (tertiary/aromatic N) is 5. The van der Waals surface area contributed by atoms with Gasteiger partial charge in [-0.2, -0.15) is 17.6 Å². The molecule has 0 saturated carbocycles. The fourth-order valence-corrected chi connectivity index (χ4v) is 6.43. The van der Waals surface area contributed by atoms with E-state index in [2.05, 4.69) is 32.1 Å². The van der Waals surface area contributed by atoms with Crippen LogP contribution in [0, 0.1) is 12.7 Å². The Labute approximate surface area is 244 Å². The molecule has 0 spiro atoms. The summed E-state index contributed by atoms with van der Waals surface area (Å²) < 4.78 is 61.9. The molecule has 42 heavy (non-hydrogen) atoms. The number of aliphatic carboxylic acids is 1. The lowest BCUT2D eigenvalue weighted by atomic mass is 10.0. The molecular formula is C28H32F4N6O3S. The van der Waals surface area contributed by atoms with Gasteiger partial charge >= 0.3 is 12.1 Å². The highest BCUT2D eigenvalue weighted by atomic mass is 32.1. The monoisotopic (exact) mass is 608 g/mol. The quantitative estimate of drug-likeness (QED) is 0.289. The van der Waals surface area contributed by atoms with Gasteiger partial charge in [-0.3, -0.25) is 4.90 Å². The molecule has 2 fully saturated rings. The Kier molecular flexibility index (Phi) is 8.94. The van der Waals surface area contributed by atoms with Gasteiger partial charge in [0.25, 0.3) is 0 Å². The van der Waals surface area contributed by atoms with Crippen LogP contribution in [0.1, 0.15) is 48.6 Å². The summed E-state index contributed by atoms with van der Waals surface area (Å²) in [5, 5.41) is 12.1. The van der Waals surface area contributed by atoms with Crippen molar-refractivity contribution < 1.29 is 32.2 Å². The normalized spacial score (nSPS) is 18.5. The number of thiazole rings is 1. The van der Waals surface area contributed by atoms with Crippen molar-refractivity contribution in [2.45, 2.75) is 64.4 Å². The molecule has 0 radical (unpaired) electrons. The maximum absolute atomic E-state index is 15.6. The molecule has 2 aliphatic heterocycles. The molecule has 0 aliphatic carbocycles. The van der Waals surface area contributed by atoms with Gasteiger partial charge in [0.2, 0.25) is 5.82 Å². The fourth-order valence-electron chi connectivity index (χ4n) is 5.43. The second-order valence-electron chi connectivity index (χ2n) is 10.7. The molecule has 3 aromatic rings. The number of ether oxygens (including phenoxy) is 1. The molecule has 2 aliphatic rings. The lowest BCUT2D eigenvalue weighted by Crippen LogP contribution is -2.38. The molecule has 226 valence electrons. The predicted molar refractivity (Wildman–Crippen MR) is 150 cm³/mol. The summed E-state index contributed by atoms with van der Waals surface area (Å²) in [6, 6.07) is 4.23. The standard InChI is InChI=1S/C28H32F4N6O3S/c1-16-10-18(12-19(11-16)28(30,31)32)24-21(13-38-7-3-4-17(38)2)42-27(35-24)36-25-23(29)26(34-15-33-25)37-8-5-20(6-9-37)41-14-22(39)40/h10-12,15,17,20H,3-9,13-14H2,1-2H3,(H,39,40)(H,33,34,35,36). The van der Waals surface area contributed by atoms with Gasteiger partial charge in [0, 0.05) is 36.1 Å². The molecule has 0 bridgehead atoms. The van der Waals surface area contributed by atoms with E-state index in [1.54, 1.807) is 17.9 Å². The van der Waals surface area contributed by atoms with Crippen LogP contribution in [0.3, 0.4) is 0 Å². The molecular weight excluding hydrogens is 576 g/mol. The van der Waals surface area contributed by atoms with Crippen LogP contribution < -0.4 is 10.2 Å². The molecule has 1 atom stereocenters. The van der Waals surface area contributed by atoms with E-state index in [9.17, 15) is 18.0 Å². The topological polar surface area (TPSA) is 104 Å². The third kappa shape index (κ3) is 6.98. The zero-order chi connectivity index (χ0) is 30.0. The number of aromatic nitrogens is 3. The first kappa shape index (κ1) is 30.1. The van der Waals surface area contributed by atoms with Crippen LogP contribution >= 0.6 is 11.3 Å². The number of aryl methyl sites for hydroxylation is 1. The molecule has 9 nitrogen and oxygen atoms in total. The molecule has 1 aromatic carbocycles. The zero-order valence-electron chi connectivity index (χ0n) is 23.2. The van der Waals surface area contributed by atoms with Crippen molar-refractivity contribution in [2.75, 3.05) is 36.5 Å². The van der Waals surface area contributed by atoms with Crippen molar-refractivity contribution >= 4 is 34.1 Å². The number of likely N-dealkylation sites (tertiary alicyclic amines) is 1. The van der Waals surface area contributed by atoms with Gasteiger partial charge in [0.05, 0.1) is 17.4 Å². The second kappa shape index (κ2) is 12.5. The molecule has 0 amide bonds. The highest BCUT2D eigenvalue weighted by Gasteiger charge is 2.32. The van der Waals surface area contributed by atoms with Crippen molar-refractivity contribution in [3.63, 3.8) is 0 Å². The Morgan fingerprint density at radius 2 is 1.93 bits per heavy atom. The number of carboxylic acids is 1. The minimum atomic E-state index is -4.50. The number of piperidine rings is 1. The van der Waals surface area contributed by atoms with Crippen LogP contribution in [0.25, 0.3) is 11.3 Å². The maximum atomic E-state index is 15.6. The minimum Gasteiger partial charge on any atom is -0.480 e. The number of benzene rings is 1. The van der Waals surface area contributed by atoms with E-state index in [1.165, 1.54) is 17.7 Å². The van der Waals surface area contributed by atoms with Crippen molar-refractivity contribution in [1.82, 2.24) is 19.9 Å². The minimum absolute atomic E-state index is 0.0918. The highest BCUT2D eigenvalue weighted by molar-refractivity contribution is 7.16. The van der Waals surface area contributed by atoms with Crippen LogP contribution in [0.2, 0.25) is 0 Å². The lowest BCUT2D eigenvalue weighted by Gasteiger charge is -2.32. The van der Waals surface area contributed by atoms with Crippen LogP contribution in [-0.4, -0.2) is 69.3 Å². The summed E-state index contributed by atoms with van der Waals surface area (Å²) in [4.78, 5) is 28.4. The van der Waals surface area contributed by atoms with Crippen molar-refractivity contribution in [2.24, 2.45) is 0 Å². The van der Waals surface area contributed by atoms with E-state index >= 15 is 4.39 Å². The molecule has 2 aromatic heterocycles. The third-order valence-corrected chi connectivity index (χ3v) is 8.55. The largest absolute Gasteiger partial charge is 0.480 e. The Morgan fingerprint density at radius 1 is 1.17 bits per heavy atom. The summed E-state index contributed by atoms with van der Waals surface area (Å²) in [7, 11) is 0. The molecule has 2 N–H and O–H groups in total. The van der Waals surface area contributed by atoms with E-state index in [-0.39, 0.29) is 24.3 Å². The molecule has 4 heterocycles. The van der Waals surface area contributed by atoms with Gasteiger partial charge in [-0.15, -0.1) is 0 Å². The fraction of sp³-hybridized carbons (Fsp3) is 0.500. The van der Waals surface area contributed by atoms with E-state index in [4.69, 9.17) is 9.84 Å². The van der Waals surface area contributed by atoms with E-state index in [0.717, 1.165) is 36.4 Å². The number of hydrogen-bond acceptors (Lipinski definition) is 9. The number of alkyl halides is 3. The molecule has 2 saturated heterocycles.